The van der Waals surface area contributed by atoms with Gasteiger partial charge in [-0.05, 0) is 17.0 Å². The molecule has 0 spiro atoms. The molecule has 1 unspecified atom stereocenters. The summed E-state index contributed by atoms with van der Waals surface area (Å²) >= 11 is 0. The fourth-order valence-corrected chi connectivity index (χ4v) is 4.04. The molecule has 4 rings (SSSR count). The number of benzene rings is 1. The maximum absolute atomic E-state index is 13.6. The Morgan fingerprint density at radius 1 is 1.14 bits per heavy atom. The van der Waals surface area contributed by atoms with Gasteiger partial charge in [-0.1, -0.05) is 58.9 Å². The van der Waals surface area contributed by atoms with Gasteiger partial charge in [-0.2, -0.15) is 0 Å². The number of nitrogens with one attached hydrogen (secondary N) is 2. The number of hydrogen-bond donors (Lipinski definition) is 2. The van der Waals surface area contributed by atoms with Crippen molar-refractivity contribution in [3.05, 3.63) is 65.4 Å². The van der Waals surface area contributed by atoms with Crippen LogP contribution in [0.15, 0.2) is 41.2 Å². The first-order valence-electron chi connectivity index (χ1n) is 11.6. The molecular weight excluding hydrogens is 448 g/mol. The van der Waals surface area contributed by atoms with E-state index in [-0.39, 0.29) is 24.3 Å². The van der Waals surface area contributed by atoms with Gasteiger partial charge in [-0.25, -0.2) is 4.98 Å². The average Bonchev–Trinajstić information content (AvgIpc) is 3.53. The van der Waals surface area contributed by atoms with Gasteiger partial charge in [0.15, 0.2) is 0 Å². The number of carbonyl (C=O) groups excluding carboxylic acids is 3. The Morgan fingerprint density at radius 3 is 2.46 bits per heavy atom. The van der Waals surface area contributed by atoms with E-state index in [0.29, 0.717) is 18.0 Å². The van der Waals surface area contributed by atoms with Gasteiger partial charge in [0.05, 0.1) is 18.6 Å². The molecule has 2 N–H and O–H groups in total. The van der Waals surface area contributed by atoms with Gasteiger partial charge in [-0.3, -0.25) is 14.4 Å². The molecule has 10 heteroatoms. The molecule has 1 aliphatic heterocycles. The molecular formula is C25H30N6O4. The van der Waals surface area contributed by atoms with Crippen molar-refractivity contribution >= 4 is 17.6 Å². The normalized spacial score (nSPS) is 16.6. The Morgan fingerprint density at radius 2 is 1.86 bits per heavy atom. The zero-order chi connectivity index (χ0) is 25.3. The van der Waals surface area contributed by atoms with Crippen molar-refractivity contribution in [3.8, 4) is 0 Å². The van der Waals surface area contributed by atoms with Crippen molar-refractivity contribution in [2.24, 2.45) is 5.92 Å². The summed E-state index contributed by atoms with van der Waals surface area (Å²) in [6.07, 6.45) is 3.18. The first kappa shape index (κ1) is 24.3. The molecule has 3 heterocycles. The molecule has 0 saturated heterocycles. The summed E-state index contributed by atoms with van der Waals surface area (Å²) in [6.45, 7) is 9.64. The summed E-state index contributed by atoms with van der Waals surface area (Å²) in [5, 5.41) is 10.8. The molecule has 2 amide bonds. The van der Waals surface area contributed by atoms with Crippen molar-refractivity contribution in [2.75, 3.05) is 0 Å². The lowest BCUT2D eigenvalue weighted by atomic mass is 9.92. The lowest BCUT2D eigenvalue weighted by molar-refractivity contribution is -0.126. The Balaban J connectivity index is 1.60. The van der Waals surface area contributed by atoms with E-state index in [1.54, 1.807) is 0 Å². The summed E-state index contributed by atoms with van der Waals surface area (Å²) in [7, 11) is 0. The lowest BCUT2D eigenvalue weighted by Crippen LogP contribution is -2.56. The molecule has 1 aromatic carbocycles. The van der Waals surface area contributed by atoms with Crippen LogP contribution in [0.4, 0.5) is 0 Å². The highest BCUT2D eigenvalue weighted by Crippen LogP contribution is 2.26. The van der Waals surface area contributed by atoms with Crippen LogP contribution in [0.5, 0.6) is 0 Å². The van der Waals surface area contributed by atoms with Crippen LogP contribution in [0.1, 0.15) is 72.8 Å². The first-order chi connectivity index (χ1) is 16.6. The van der Waals surface area contributed by atoms with Gasteiger partial charge in [0, 0.05) is 18.4 Å². The van der Waals surface area contributed by atoms with Crippen LogP contribution in [0.3, 0.4) is 0 Å². The molecule has 0 bridgehead atoms. The predicted octanol–water partition coefficient (Wildman–Crippen LogP) is 2.68. The fourth-order valence-electron chi connectivity index (χ4n) is 4.04. The summed E-state index contributed by atoms with van der Waals surface area (Å²) in [6, 6.07) is 6.01. The third-order valence-corrected chi connectivity index (χ3v) is 6.06. The molecule has 0 aliphatic carbocycles. The maximum atomic E-state index is 13.6. The number of carbonyl (C=O) groups is 3. The van der Waals surface area contributed by atoms with Crippen LogP contribution in [-0.2, 0) is 23.2 Å². The second-order valence-corrected chi connectivity index (χ2v) is 10.1. The zero-order valence-corrected chi connectivity index (χ0v) is 20.5. The summed E-state index contributed by atoms with van der Waals surface area (Å²) < 4.78 is 5.62. The van der Waals surface area contributed by atoms with Crippen LogP contribution in [0.25, 0.3) is 0 Å². The third-order valence-electron chi connectivity index (χ3n) is 6.06. The van der Waals surface area contributed by atoms with Crippen LogP contribution in [0.2, 0.25) is 0 Å². The van der Waals surface area contributed by atoms with Crippen LogP contribution >= 0.6 is 0 Å². The Bertz CT molecular complexity index is 1220. The molecule has 184 valence electrons. The van der Waals surface area contributed by atoms with Crippen molar-refractivity contribution in [1.82, 2.24) is 30.4 Å². The minimum absolute atomic E-state index is 0.145. The number of aromatic amines is 1. The van der Waals surface area contributed by atoms with Crippen molar-refractivity contribution in [3.63, 3.8) is 0 Å². The Kier molecular flexibility index (Phi) is 6.56. The first-order valence-corrected chi connectivity index (χ1v) is 11.6. The SMILES string of the molecule is CC(C)[C@H](NC(=O)C1Cc2ccccc2CN1C(=O)c1cnc[nH]1)C(=O)c1nnc(C(C)(C)C)o1. The van der Waals surface area contributed by atoms with Crippen LogP contribution < -0.4 is 5.32 Å². The van der Waals surface area contributed by atoms with E-state index in [0.717, 1.165) is 11.1 Å². The number of amides is 2. The average molecular weight is 479 g/mol. The van der Waals surface area contributed by atoms with Gasteiger partial charge in [-0.15, -0.1) is 10.2 Å². The number of aromatic nitrogens is 4. The van der Waals surface area contributed by atoms with E-state index in [9.17, 15) is 14.4 Å². The molecule has 0 radical (unpaired) electrons. The van der Waals surface area contributed by atoms with Gasteiger partial charge in [0.2, 0.25) is 17.6 Å². The van der Waals surface area contributed by atoms with E-state index in [1.807, 2.05) is 58.9 Å². The van der Waals surface area contributed by atoms with E-state index in [4.69, 9.17) is 4.42 Å². The van der Waals surface area contributed by atoms with E-state index >= 15 is 0 Å². The largest absolute Gasteiger partial charge is 0.418 e. The number of H-pyrrole nitrogens is 1. The molecule has 2 atom stereocenters. The number of hydrogen-bond acceptors (Lipinski definition) is 7. The lowest BCUT2D eigenvalue weighted by Gasteiger charge is -2.36. The molecule has 3 aromatic rings. The van der Waals surface area contributed by atoms with Crippen LogP contribution in [0, 0.1) is 5.92 Å². The van der Waals surface area contributed by atoms with Crippen LogP contribution in [-0.4, -0.2) is 54.7 Å². The van der Waals surface area contributed by atoms with Gasteiger partial charge in [0.25, 0.3) is 11.8 Å². The Hall–Kier alpha value is -3.82. The smallest absolute Gasteiger partial charge is 0.286 e. The maximum Gasteiger partial charge on any atom is 0.286 e. The number of rotatable bonds is 6. The monoisotopic (exact) mass is 478 g/mol. The van der Waals surface area contributed by atoms with Gasteiger partial charge < -0.3 is 19.6 Å². The number of fused-ring (bicyclic) bond motifs is 1. The van der Waals surface area contributed by atoms with E-state index in [1.165, 1.54) is 17.4 Å². The van der Waals surface area contributed by atoms with Crippen molar-refractivity contribution in [1.29, 1.82) is 0 Å². The summed E-state index contributed by atoms with van der Waals surface area (Å²) in [5.74, 6) is -1.27. The number of Topliss-reactive ketones (excluding diaryl/α,β-unsaturated/α-hetero) is 1. The predicted molar refractivity (Wildman–Crippen MR) is 126 cm³/mol. The van der Waals surface area contributed by atoms with Gasteiger partial charge in [0.1, 0.15) is 11.7 Å². The zero-order valence-electron chi connectivity index (χ0n) is 20.5. The number of nitrogens with zero attached hydrogens (tertiary/aromatic N) is 4. The molecule has 0 fully saturated rings. The van der Waals surface area contributed by atoms with Crippen molar-refractivity contribution < 1.29 is 18.8 Å². The second-order valence-electron chi connectivity index (χ2n) is 10.1. The molecule has 10 nitrogen and oxygen atoms in total. The van der Waals surface area contributed by atoms with Gasteiger partial charge >= 0.3 is 0 Å². The minimum atomic E-state index is -0.892. The van der Waals surface area contributed by atoms with E-state index in [2.05, 4.69) is 25.5 Å². The molecule has 35 heavy (non-hydrogen) atoms. The standard InChI is InChI=1S/C25H30N6O4/c1-14(2)19(20(32)22-29-30-24(35-22)25(3,4)5)28-21(33)18-10-15-8-6-7-9-16(15)12-31(18)23(34)17-11-26-13-27-17/h6-9,11,13-14,18-19H,10,12H2,1-5H3,(H,26,27)(H,28,33)/t18?,19-/m0/s1. The fraction of sp³-hybridized carbons (Fsp3) is 0.440. The Labute approximate surface area is 203 Å². The number of ketones is 1. The highest BCUT2D eigenvalue weighted by Gasteiger charge is 2.38. The molecule has 2 aromatic heterocycles. The highest BCUT2D eigenvalue weighted by molar-refractivity contribution is 6.01. The summed E-state index contributed by atoms with van der Waals surface area (Å²) in [4.78, 5) is 48.3. The van der Waals surface area contributed by atoms with Crippen molar-refractivity contribution in [2.45, 2.75) is 65.1 Å². The quantitative estimate of drug-likeness (QED) is 0.520. The summed E-state index contributed by atoms with van der Waals surface area (Å²) in [5.41, 5.74) is 1.84. The minimum Gasteiger partial charge on any atom is -0.418 e. The molecule has 1 aliphatic rings. The molecule has 0 saturated carbocycles. The number of imidazole rings is 1. The van der Waals surface area contributed by atoms with E-state index < -0.39 is 29.2 Å². The highest BCUT2D eigenvalue weighted by atomic mass is 16.4. The second kappa shape index (κ2) is 9.44. The third kappa shape index (κ3) is 5.01. The topological polar surface area (TPSA) is 134 Å².